The number of ether oxygens (including phenoxy) is 1. The highest BCUT2D eigenvalue weighted by Gasteiger charge is 2.37. The van der Waals surface area contributed by atoms with Gasteiger partial charge in [-0.2, -0.15) is 13.2 Å². The number of nitrogens with one attached hydrogen (secondary N) is 1. The third-order valence-electron chi connectivity index (χ3n) is 2.53. The molecule has 0 aliphatic heterocycles. The molecule has 0 saturated carbocycles. The molecule has 0 radical (unpaired) electrons. The van der Waals surface area contributed by atoms with Crippen molar-refractivity contribution in [2.24, 2.45) is 5.73 Å². The summed E-state index contributed by atoms with van der Waals surface area (Å²) < 4.78 is 40.8. The molecule has 0 aliphatic rings. The van der Waals surface area contributed by atoms with Crippen LogP contribution in [0.3, 0.4) is 0 Å². The summed E-state index contributed by atoms with van der Waals surface area (Å²) in [4.78, 5) is 11.0. The molecule has 0 aromatic rings. The highest BCUT2D eigenvalue weighted by atomic mass is 19.4. The molecule has 0 aromatic heterocycles. The predicted molar refractivity (Wildman–Crippen MR) is 52.7 cm³/mol. The first-order valence-corrected chi connectivity index (χ1v) is 4.80. The molecular formula is C9H17F3N2O2. The van der Waals surface area contributed by atoms with Gasteiger partial charge in [0.15, 0.2) is 6.10 Å². The topological polar surface area (TPSA) is 64.3 Å². The van der Waals surface area contributed by atoms with Gasteiger partial charge in [-0.1, -0.05) is 0 Å². The van der Waals surface area contributed by atoms with Gasteiger partial charge in [-0.15, -0.1) is 0 Å². The molecule has 4 nitrogen and oxygen atoms in total. The number of primary amides is 1. The third-order valence-corrected chi connectivity index (χ3v) is 2.53. The van der Waals surface area contributed by atoms with Crippen molar-refractivity contribution in [2.75, 3.05) is 13.7 Å². The molecule has 0 aromatic carbocycles. The molecule has 96 valence electrons. The Labute approximate surface area is 92.3 Å². The summed E-state index contributed by atoms with van der Waals surface area (Å²) in [5, 5.41) is 2.65. The first-order chi connectivity index (χ1) is 7.13. The highest BCUT2D eigenvalue weighted by molar-refractivity contribution is 5.84. The normalized spacial score (nSPS) is 17.9. The van der Waals surface area contributed by atoms with E-state index in [-0.39, 0.29) is 13.0 Å². The predicted octanol–water partition coefficient (Wildman–Crippen LogP) is 0.807. The second-order valence-corrected chi connectivity index (χ2v) is 3.75. The van der Waals surface area contributed by atoms with E-state index in [0.717, 1.165) is 6.92 Å². The number of nitrogens with two attached hydrogens (primary N) is 1. The van der Waals surface area contributed by atoms with Crippen LogP contribution in [0, 0.1) is 0 Å². The zero-order valence-electron chi connectivity index (χ0n) is 9.52. The minimum atomic E-state index is -4.39. The quantitative estimate of drug-likeness (QED) is 0.724. The number of likely N-dealkylation sites (N-methyl/N-ethyl adjacent to an activating group) is 1. The van der Waals surface area contributed by atoms with Crippen molar-refractivity contribution in [2.45, 2.75) is 38.1 Å². The molecule has 0 heterocycles. The van der Waals surface area contributed by atoms with Crippen LogP contribution < -0.4 is 11.1 Å². The SMILES string of the molecule is CNC(C)(CCOC(C)C(F)(F)F)C(N)=O. The van der Waals surface area contributed by atoms with Gasteiger partial charge in [-0.25, -0.2) is 0 Å². The fraction of sp³-hybridized carbons (Fsp3) is 0.889. The standard InChI is InChI=1S/C9H17F3N2O2/c1-6(9(10,11)12)16-5-4-8(2,14-3)7(13)15/h6,14H,4-5H2,1-3H3,(H2,13,15). The van der Waals surface area contributed by atoms with Crippen molar-refractivity contribution in [3.05, 3.63) is 0 Å². The summed E-state index contributed by atoms with van der Waals surface area (Å²) in [5.74, 6) is -0.627. The molecule has 0 fully saturated rings. The lowest BCUT2D eigenvalue weighted by Crippen LogP contribution is -2.52. The number of hydrogen-bond donors (Lipinski definition) is 2. The average molecular weight is 242 g/mol. The molecule has 7 heteroatoms. The van der Waals surface area contributed by atoms with Crippen molar-refractivity contribution < 1.29 is 22.7 Å². The van der Waals surface area contributed by atoms with Gasteiger partial charge in [0.1, 0.15) is 0 Å². The summed E-state index contributed by atoms with van der Waals surface area (Å²) in [5.41, 5.74) is 4.05. The lowest BCUT2D eigenvalue weighted by atomic mass is 9.98. The van der Waals surface area contributed by atoms with E-state index in [1.165, 1.54) is 14.0 Å². The number of hydrogen-bond acceptors (Lipinski definition) is 3. The zero-order valence-corrected chi connectivity index (χ0v) is 9.52. The van der Waals surface area contributed by atoms with Gasteiger partial charge in [0.25, 0.3) is 0 Å². The van der Waals surface area contributed by atoms with Crippen molar-refractivity contribution in [1.29, 1.82) is 0 Å². The third kappa shape index (κ3) is 4.36. The Balaban J connectivity index is 4.12. The Kier molecular flexibility index (Phi) is 5.21. The molecule has 1 amide bonds. The molecule has 0 aliphatic carbocycles. The van der Waals surface area contributed by atoms with Crippen LogP contribution in [0.1, 0.15) is 20.3 Å². The van der Waals surface area contributed by atoms with Crippen molar-refractivity contribution >= 4 is 5.91 Å². The molecule has 0 rings (SSSR count). The summed E-state index contributed by atoms with van der Waals surface area (Å²) in [7, 11) is 1.51. The Hall–Kier alpha value is -0.820. The summed E-state index contributed by atoms with van der Waals surface area (Å²) in [6.45, 7) is 2.24. The van der Waals surface area contributed by atoms with Gasteiger partial charge in [-0.3, -0.25) is 4.79 Å². The van der Waals surface area contributed by atoms with E-state index in [4.69, 9.17) is 5.73 Å². The average Bonchev–Trinajstić information content (AvgIpc) is 2.15. The molecule has 2 unspecified atom stereocenters. The van der Waals surface area contributed by atoms with Crippen molar-refractivity contribution in [1.82, 2.24) is 5.32 Å². The van der Waals surface area contributed by atoms with E-state index in [9.17, 15) is 18.0 Å². The van der Waals surface area contributed by atoms with E-state index >= 15 is 0 Å². The van der Waals surface area contributed by atoms with Gasteiger partial charge in [0.05, 0.1) is 5.54 Å². The van der Waals surface area contributed by atoms with Crippen LogP contribution in [0.25, 0.3) is 0 Å². The molecule has 0 bridgehead atoms. The second kappa shape index (κ2) is 5.49. The lowest BCUT2D eigenvalue weighted by Gasteiger charge is -2.26. The van der Waals surface area contributed by atoms with E-state index in [1.807, 2.05) is 0 Å². The summed E-state index contributed by atoms with van der Waals surface area (Å²) >= 11 is 0. The minimum Gasteiger partial charge on any atom is -0.369 e. The van der Waals surface area contributed by atoms with Gasteiger partial charge in [0.2, 0.25) is 5.91 Å². The molecule has 0 spiro atoms. The number of carbonyl (C=O) groups is 1. The Morgan fingerprint density at radius 1 is 1.50 bits per heavy atom. The first kappa shape index (κ1) is 15.2. The molecular weight excluding hydrogens is 225 g/mol. The smallest absolute Gasteiger partial charge is 0.369 e. The van der Waals surface area contributed by atoms with Crippen molar-refractivity contribution in [3.63, 3.8) is 0 Å². The van der Waals surface area contributed by atoms with Gasteiger partial charge in [0, 0.05) is 6.61 Å². The van der Waals surface area contributed by atoms with Crippen LogP contribution in [0.2, 0.25) is 0 Å². The van der Waals surface area contributed by atoms with Crippen LogP contribution in [-0.2, 0) is 9.53 Å². The van der Waals surface area contributed by atoms with E-state index in [2.05, 4.69) is 10.1 Å². The molecule has 0 saturated heterocycles. The monoisotopic (exact) mass is 242 g/mol. The maximum absolute atomic E-state index is 12.1. The van der Waals surface area contributed by atoms with Gasteiger partial charge < -0.3 is 15.8 Å². The zero-order chi connectivity index (χ0) is 13.0. The molecule has 3 N–H and O–H groups in total. The number of alkyl halides is 3. The summed E-state index contributed by atoms with van der Waals surface area (Å²) in [6, 6.07) is 0. The minimum absolute atomic E-state index is 0.0826. The summed E-state index contributed by atoms with van der Waals surface area (Å²) in [6.07, 6.45) is -6.15. The Bertz CT molecular complexity index is 245. The van der Waals surface area contributed by atoms with Crippen LogP contribution in [0.15, 0.2) is 0 Å². The molecule has 2 atom stereocenters. The number of rotatable bonds is 6. The second-order valence-electron chi connectivity index (χ2n) is 3.75. The van der Waals surface area contributed by atoms with E-state index in [1.54, 1.807) is 0 Å². The van der Waals surface area contributed by atoms with E-state index < -0.39 is 23.7 Å². The van der Waals surface area contributed by atoms with Crippen LogP contribution in [0.4, 0.5) is 13.2 Å². The number of carbonyl (C=O) groups excluding carboxylic acids is 1. The molecule has 16 heavy (non-hydrogen) atoms. The Morgan fingerprint density at radius 3 is 2.31 bits per heavy atom. The maximum atomic E-state index is 12.1. The van der Waals surface area contributed by atoms with Crippen LogP contribution in [0.5, 0.6) is 0 Å². The lowest BCUT2D eigenvalue weighted by molar-refractivity contribution is -0.215. The van der Waals surface area contributed by atoms with Crippen LogP contribution >= 0.6 is 0 Å². The van der Waals surface area contributed by atoms with Crippen molar-refractivity contribution in [3.8, 4) is 0 Å². The van der Waals surface area contributed by atoms with Gasteiger partial charge in [-0.05, 0) is 27.3 Å². The fourth-order valence-corrected chi connectivity index (χ4v) is 0.906. The maximum Gasteiger partial charge on any atom is 0.414 e. The highest BCUT2D eigenvalue weighted by Crippen LogP contribution is 2.22. The number of halogens is 3. The first-order valence-electron chi connectivity index (χ1n) is 4.80. The number of amides is 1. The largest absolute Gasteiger partial charge is 0.414 e. The van der Waals surface area contributed by atoms with Crippen LogP contribution in [-0.4, -0.2) is 37.4 Å². The fourth-order valence-electron chi connectivity index (χ4n) is 0.906. The van der Waals surface area contributed by atoms with E-state index in [0.29, 0.717) is 0 Å². The van der Waals surface area contributed by atoms with Gasteiger partial charge >= 0.3 is 6.18 Å². The Morgan fingerprint density at radius 2 is 2.00 bits per heavy atom.